The molecule has 6 heteroatoms. The molecule has 1 aromatic rings. The fourth-order valence-electron chi connectivity index (χ4n) is 2.39. The Hall–Kier alpha value is -0.880. The van der Waals surface area contributed by atoms with Crippen molar-refractivity contribution in [2.75, 3.05) is 6.54 Å². The number of carbonyl (C=O) groups excluding carboxylic acids is 2. The van der Waals surface area contributed by atoms with Gasteiger partial charge in [-0.15, -0.1) is 11.3 Å². The first-order valence-electron chi connectivity index (χ1n) is 6.98. The van der Waals surface area contributed by atoms with Gasteiger partial charge in [0.1, 0.15) is 0 Å². The summed E-state index contributed by atoms with van der Waals surface area (Å²) in [5.41, 5.74) is 0. The standard InChI is InChI=1S/C14H19BrN2O2S/c15-12-8-7-11(20-12)14(19)16-9-13(18)17-10-5-3-1-2-4-6-10/h7-8,10H,1-6,9H2,(H,16,19)(H,17,18). The van der Waals surface area contributed by atoms with E-state index < -0.39 is 0 Å². The van der Waals surface area contributed by atoms with Crippen molar-refractivity contribution < 1.29 is 9.59 Å². The van der Waals surface area contributed by atoms with Crippen LogP contribution in [0.15, 0.2) is 15.9 Å². The molecular formula is C14H19BrN2O2S. The first-order chi connectivity index (χ1) is 9.65. The van der Waals surface area contributed by atoms with Crippen molar-refractivity contribution in [2.45, 2.75) is 44.6 Å². The lowest BCUT2D eigenvalue weighted by molar-refractivity contribution is -0.120. The number of amides is 2. The van der Waals surface area contributed by atoms with Gasteiger partial charge < -0.3 is 10.6 Å². The molecule has 1 heterocycles. The fourth-order valence-corrected chi connectivity index (χ4v) is 3.69. The second-order valence-electron chi connectivity index (χ2n) is 5.04. The topological polar surface area (TPSA) is 58.2 Å². The number of hydrogen-bond acceptors (Lipinski definition) is 3. The largest absolute Gasteiger partial charge is 0.352 e. The average Bonchev–Trinajstić information content (AvgIpc) is 2.70. The summed E-state index contributed by atoms with van der Waals surface area (Å²) in [6.07, 6.45) is 6.99. The van der Waals surface area contributed by atoms with Crippen LogP contribution in [0.4, 0.5) is 0 Å². The molecule has 1 aromatic heterocycles. The Bertz CT molecular complexity index is 467. The van der Waals surface area contributed by atoms with Crippen molar-refractivity contribution in [1.82, 2.24) is 10.6 Å². The summed E-state index contributed by atoms with van der Waals surface area (Å²) in [5.74, 6) is -0.294. The van der Waals surface area contributed by atoms with E-state index in [-0.39, 0.29) is 24.4 Å². The predicted octanol–water partition coefficient (Wildman–Crippen LogP) is 3.08. The van der Waals surface area contributed by atoms with Gasteiger partial charge in [-0.1, -0.05) is 25.7 Å². The summed E-state index contributed by atoms with van der Waals surface area (Å²) in [5, 5.41) is 5.67. The van der Waals surface area contributed by atoms with Crippen molar-refractivity contribution in [3.8, 4) is 0 Å². The van der Waals surface area contributed by atoms with Gasteiger partial charge in [-0.25, -0.2) is 0 Å². The van der Waals surface area contributed by atoms with Crippen LogP contribution < -0.4 is 10.6 Å². The third-order valence-electron chi connectivity index (χ3n) is 3.43. The van der Waals surface area contributed by atoms with Gasteiger partial charge in [-0.2, -0.15) is 0 Å². The summed E-state index contributed by atoms with van der Waals surface area (Å²) in [6.45, 7) is 0.0465. The number of halogens is 1. The SMILES string of the molecule is O=C(CNC(=O)c1ccc(Br)s1)NC1CCCCCC1. The Balaban J connectivity index is 1.73. The van der Waals surface area contributed by atoms with E-state index in [1.807, 2.05) is 6.07 Å². The van der Waals surface area contributed by atoms with Gasteiger partial charge >= 0.3 is 0 Å². The molecule has 0 saturated heterocycles. The molecule has 4 nitrogen and oxygen atoms in total. The van der Waals surface area contributed by atoms with E-state index in [1.165, 1.54) is 37.0 Å². The van der Waals surface area contributed by atoms with Crippen molar-refractivity contribution in [2.24, 2.45) is 0 Å². The van der Waals surface area contributed by atoms with Crippen molar-refractivity contribution in [3.05, 3.63) is 20.8 Å². The monoisotopic (exact) mass is 358 g/mol. The maximum atomic E-state index is 11.8. The van der Waals surface area contributed by atoms with E-state index >= 15 is 0 Å². The Morgan fingerprint density at radius 1 is 1.20 bits per heavy atom. The maximum absolute atomic E-state index is 11.8. The molecule has 1 aliphatic carbocycles. The molecule has 2 N–H and O–H groups in total. The van der Waals surface area contributed by atoms with E-state index in [0.717, 1.165) is 16.6 Å². The van der Waals surface area contributed by atoms with E-state index in [2.05, 4.69) is 26.6 Å². The van der Waals surface area contributed by atoms with Crippen molar-refractivity contribution >= 4 is 39.1 Å². The zero-order valence-corrected chi connectivity index (χ0v) is 13.7. The molecule has 1 aliphatic rings. The molecule has 0 bridgehead atoms. The third kappa shape index (κ3) is 4.90. The van der Waals surface area contributed by atoms with E-state index in [9.17, 15) is 9.59 Å². The molecule has 20 heavy (non-hydrogen) atoms. The van der Waals surface area contributed by atoms with E-state index in [0.29, 0.717) is 4.88 Å². The van der Waals surface area contributed by atoms with Crippen LogP contribution in [0.2, 0.25) is 0 Å². The molecule has 2 amide bonds. The summed E-state index contributed by atoms with van der Waals surface area (Å²) in [6, 6.07) is 3.84. The van der Waals surface area contributed by atoms with Crippen LogP contribution in [0.1, 0.15) is 48.2 Å². The van der Waals surface area contributed by atoms with Gasteiger partial charge in [0, 0.05) is 6.04 Å². The molecule has 0 radical (unpaired) electrons. The minimum Gasteiger partial charge on any atom is -0.352 e. The molecule has 0 spiro atoms. The molecule has 1 saturated carbocycles. The molecule has 0 atom stereocenters. The molecular weight excluding hydrogens is 340 g/mol. The Labute approximate surface area is 131 Å². The minimum absolute atomic E-state index is 0.0465. The Morgan fingerprint density at radius 2 is 1.90 bits per heavy atom. The van der Waals surface area contributed by atoms with Crippen molar-refractivity contribution in [1.29, 1.82) is 0 Å². The maximum Gasteiger partial charge on any atom is 0.261 e. The highest BCUT2D eigenvalue weighted by atomic mass is 79.9. The van der Waals surface area contributed by atoms with Gasteiger partial charge in [0.05, 0.1) is 15.2 Å². The lowest BCUT2D eigenvalue weighted by Crippen LogP contribution is -2.41. The number of hydrogen-bond donors (Lipinski definition) is 2. The highest BCUT2D eigenvalue weighted by Gasteiger charge is 2.15. The molecule has 0 aromatic carbocycles. The van der Waals surface area contributed by atoms with Crippen LogP contribution >= 0.6 is 27.3 Å². The fraction of sp³-hybridized carbons (Fsp3) is 0.571. The van der Waals surface area contributed by atoms with Gasteiger partial charge in [0.2, 0.25) is 5.91 Å². The number of nitrogens with one attached hydrogen (secondary N) is 2. The predicted molar refractivity (Wildman–Crippen MR) is 84.0 cm³/mol. The molecule has 0 aliphatic heterocycles. The van der Waals surface area contributed by atoms with Crippen LogP contribution in [0.5, 0.6) is 0 Å². The number of thiophene rings is 1. The highest BCUT2D eigenvalue weighted by Crippen LogP contribution is 2.21. The summed E-state index contributed by atoms with van der Waals surface area (Å²) in [4.78, 5) is 24.3. The van der Waals surface area contributed by atoms with Gasteiger partial charge in [0.25, 0.3) is 5.91 Å². The van der Waals surface area contributed by atoms with Gasteiger partial charge in [-0.05, 0) is 40.9 Å². The zero-order chi connectivity index (χ0) is 14.4. The van der Waals surface area contributed by atoms with Crippen LogP contribution in [0.3, 0.4) is 0 Å². The Morgan fingerprint density at radius 3 is 2.50 bits per heavy atom. The van der Waals surface area contributed by atoms with Crippen LogP contribution in [-0.4, -0.2) is 24.4 Å². The van der Waals surface area contributed by atoms with Crippen molar-refractivity contribution in [3.63, 3.8) is 0 Å². The smallest absolute Gasteiger partial charge is 0.261 e. The Kier molecular flexibility index (Phi) is 6.04. The van der Waals surface area contributed by atoms with Gasteiger partial charge in [0.15, 0.2) is 0 Å². The molecule has 1 fully saturated rings. The number of rotatable bonds is 4. The average molecular weight is 359 g/mol. The first-order valence-corrected chi connectivity index (χ1v) is 8.59. The van der Waals surface area contributed by atoms with E-state index in [1.54, 1.807) is 6.07 Å². The molecule has 2 rings (SSSR count). The van der Waals surface area contributed by atoms with Gasteiger partial charge in [-0.3, -0.25) is 9.59 Å². The van der Waals surface area contributed by atoms with E-state index in [4.69, 9.17) is 0 Å². The summed E-state index contributed by atoms with van der Waals surface area (Å²) < 4.78 is 0.908. The van der Waals surface area contributed by atoms with Crippen LogP contribution in [0, 0.1) is 0 Å². The molecule has 110 valence electrons. The molecule has 0 unspecified atom stereocenters. The van der Waals surface area contributed by atoms with Crippen LogP contribution in [-0.2, 0) is 4.79 Å². The second-order valence-corrected chi connectivity index (χ2v) is 7.51. The summed E-state index contributed by atoms with van der Waals surface area (Å²) in [7, 11) is 0. The quantitative estimate of drug-likeness (QED) is 0.812. The number of carbonyl (C=O) groups is 2. The lowest BCUT2D eigenvalue weighted by Gasteiger charge is -2.16. The minimum atomic E-state index is -0.197. The highest BCUT2D eigenvalue weighted by molar-refractivity contribution is 9.11. The normalized spacial score (nSPS) is 16.4. The summed E-state index contributed by atoms with van der Waals surface area (Å²) >= 11 is 4.67. The first kappa shape index (κ1) is 15.5. The van der Waals surface area contributed by atoms with Crippen LogP contribution in [0.25, 0.3) is 0 Å². The lowest BCUT2D eigenvalue weighted by atomic mass is 10.1. The third-order valence-corrected chi connectivity index (χ3v) is 5.05. The second kappa shape index (κ2) is 7.78. The zero-order valence-electron chi connectivity index (χ0n) is 11.3.